The van der Waals surface area contributed by atoms with Crippen molar-refractivity contribution in [2.24, 2.45) is 0 Å². The number of sulfone groups is 1. The Bertz CT molecular complexity index is 811. The molecule has 0 atom stereocenters. The third kappa shape index (κ3) is 5.09. The second-order valence-electron chi connectivity index (χ2n) is 5.80. The first-order valence-electron chi connectivity index (χ1n) is 7.60. The molecular formula is C18H21NO4S. The molecule has 0 spiro atoms. The first-order valence-corrected chi connectivity index (χ1v) is 9.49. The van der Waals surface area contributed by atoms with Crippen LogP contribution in [0, 0.1) is 0 Å². The van der Waals surface area contributed by atoms with E-state index in [4.69, 9.17) is 4.74 Å². The van der Waals surface area contributed by atoms with Crippen LogP contribution in [0.5, 0.6) is 5.75 Å². The van der Waals surface area contributed by atoms with Crippen LogP contribution in [0.15, 0.2) is 53.4 Å². The maximum absolute atomic E-state index is 12.2. The summed E-state index contributed by atoms with van der Waals surface area (Å²) in [5.41, 5.74) is 1.12. The first kappa shape index (κ1) is 18.0. The quantitative estimate of drug-likeness (QED) is 0.872. The predicted octanol–water partition coefficient (Wildman–Crippen LogP) is 3.06. The molecule has 0 bridgehead atoms. The summed E-state index contributed by atoms with van der Waals surface area (Å²) in [4.78, 5) is 12.4. The van der Waals surface area contributed by atoms with Gasteiger partial charge in [-0.05, 0) is 49.7 Å². The third-order valence-corrected chi connectivity index (χ3v) is 4.43. The van der Waals surface area contributed by atoms with Gasteiger partial charge < -0.3 is 10.1 Å². The molecule has 0 aliphatic carbocycles. The molecule has 0 unspecified atom stereocenters. The van der Waals surface area contributed by atoms with Gasteiger partial charge in [0.05, 0.1) is 17.4 Å². The molecule has 2 rings (SSSR count). The summed E-state index contributed by atoms with van der Waals surface area (Å²) in [6.45, 7) is 3.88. The van der Waals surface area contributed by atoms with Crippen molar-refractivity contribution < 1.29 is 17.9 Å². The van der Waals surface area contributed by atoms with Crippen LogP contribution in [-0.2, 0) is 21.1 Å². The lowest BCUT2D eigenvalue weighted by Crippen LogP contribution is -2.16. The van der Waals surface area contributed by atoms with Crippen LogP contribution in [0.3, 0.4) is 0 Å². The summed E-state index contributed by atoms with van der Waals surface area (Å²) in [5, 5.41) is 2.76. The summed E-state index contributed by atoms with van der Waals surface area (Å²) in [7, 11) is -3.37. The molecule has 0 radical (unpaired) electrons. The molecule has 1 amide bonds. The molecule has 24 heavy (non-hydrogen) atoms. The number of carbonyl (C=O) groups excluding carboxylic acids is 1. The van der Waals surface area contributed by atoms with Crippen LogP contribution in [0.4, 0.5) is 5.69 Å². The summed E-state index contributed by atoms with van der Waals surface area (Å²) in [6, 6.07) is 13.6. The van der Waals surface area contributed by atoms with Crippen LogP contribution in [0.2, 0.25) is 0 Å². The van der Waals surface area contributed by atoms with Crippen molar-refractivity contribution >= 4 is 21.4 Å². The topological polar surface area (TPSA) is 72.5 Å². The highest BCUT2D eigenvalue weighted by atomic mass is 32.2. The predicted molar refractivity (Wildman–Crippen MR) is 94.1 cm³/mol. The van der Waals surface area contributed by atoms with Crippen molar-refractivity contribution in [3.05, 3.63) is 54.1 Å². The highest BCUT2D eigenvalue weighted by Crippen LogP contribution is 2.19. The minimum Gasteiger partial charge on any atom is -0.491 e. The fourth-order valence-electron chi connectivity index (χ4n) is 2.28. The fraction of sp³-hybridized carbons (Fsp3) is 0.278. The Labute approximate surface area is 142 Å². The van der Waals surface area contributed by atoms with E-state index in [0.29, 0.717) is 11.3 Å². The smallest absolute Gasteiger partial charge is 0.228 e. The van der Waals surface area contributed by atoms with Gasteiger partial charge in [-0.15, -0.1) is 0 Å². The normalized spacial score (nSPS) is 11.3. The molecule has 2 aromatic carbocycles. The van der Waals surface area contributed by atoms with E-state index in [9.17, 15) is 13.2 Å². The molecule has 0 heterocycles. The van der Waals surface area contributed by atoms with E-state index in [1.807, 2.05) is 13.8 Å². The van der Waals surface area contributed by atoms with E-state index in [-0.39, 0.29) is 23.3 Å². The summed E-state index contributed by atoms with van der Waals surface area (Å²) in [5.74, 6) is 0.453. The third-order valence-electron chi connectivity index (χ3n) is 3.23. The van der Waals surface area contributed by atoms with E-state index in [1.54, 1.807) is 42.5 Å². The van der Waals surface area contributed by atoms with E-state index >= 15 is 0 Å². The van der Waals surface area contributed by atoms with E-state index in [2.05, 4.69) is 5.32 Å². The number of amides is 1. The number of nitrogens with one attached hydrogen (secondary N) is 1. The van der Waals surface area contributed by atoms with Gasteiger partial charge in [0.15, 0.2) is 9.84 Å². The molecule has 0 saturated carbocycles. The lowest BCUT2D eigenvalue weighted by molar-refractivity contribution is -0.115. The lowest BCUT2D eigenvalue weighted by atomic mass is 10.1. The zero-order valence-electron chi connectivity index (χ0n) is 13.9. The van der Waals surface area contributed by atoms with Gasteiger partial charge in [0.1, 0.15) is 5.75 Å². The van der Waals surface area contributed by atoms with Crippen molar-refractivity contribution in [2.45, 2.75) is 31.3 Å². The highest BCUT2D eigenvalue weighted by Gasteiger charge is 2.15. The number of hydrogen-bond donors (Lipinski definition) is 1. The van der Waals surface area contributed by atoms with Gasteiger partial charge in [-0.3, -0.25) is 4.79 Å². The average Bonchev–Trinajstić information content (AvgIpc) is 2.48. The number of carbonyl (C=O) groups is 1. The highest BCUT2D eigenvalue weighted by molar-refractivity contribution is 7.90. The maximum Gasteiger partial charge on any atom is 0.228 e. The lowest BCUT2D eigenvalue weighted by Gasteiger charge is -2.11. The molecule has 5 nitrogen and oxygen atoms in total. The van der Waals surface area contributed by atoms with Gasteiger partial charge in [0.25, 0.3) is 0 Å². The second-order valence-corrected chi connectivity index (χ2v) is 7.78. The number of benzene rings is 2. The number of anilines is 1. The maximum atomic E-state index is 12.2. The van der Waals surface area contributed by atoms with Crippen molar-refractivity contribution in [1.82, 2.24) is 0 Å². The molecule has 0 fully saturated rings. The van der Waals surface area contributed by atoms with Gasteiger partial charge in [0, 0.05) is 11.9 Å². The van der Waals surface area contributed by atoms with E-state index in [1.165, 1.54) is 6.07 Å². The van der Waals surface area contributed by atoms with Crippen LogP contribution in [0.1, 0.15) is 19.4 Å². The Balaban J connectivity index is 2.07. The zero-order valence-corrected chi connectivity index (χ0v) is 14.8. The van der Waals surface area contributed by atoms with Crippen LogP contribution in [0.25, 0.3) is 0 Å². The van der Waals surface area contributed by atoms with Gasteiger partial charge in [-0.2, -0.15) is 0 Å². The molecule has 0 aliphatic rings. The Morgan fingerprint density at radius 1 is 1.08 bits per heavy atom. The zero-order chi connectivity index (χ0) is 17.7. The van der Waals surface area contributed by atoms with Crippen LogP contribution in [-0.4, -0.2) is 26.7 Å². The number of ether oxygens (including phenoxy) is 1. The van der Waals surface area contributed by atoms with Crippen molar-refractivity contribution in [3.63, 3.8) is 0 Å². The molecule has 128 valence electrons. The Morgan fingerprint density at radius 2 is 1.71 bits per heavy atom. The van der Waals surface area contributed by atoms with Gasteiger partial charge in [-0.1, -0.05) is 18.2 Å². The van der Waals surface area contributed by atoms with Crippen LogP contribution < -0.4 is 10.1 Å². The average molecular weight is 347 g/mol. The number of hydrogen-bond acceptors (Lipinski definition) is 4. The minimum absolute atomic E-state index is 0.00646. The Hall–Kier alpha value is -2.34. The van der Waals surface area contributed by atoms with E-state index < -0.39 is 9.84 Å². The van der Waals surface area contributed by atoms with E-state index in [0.717, 1.165) is 12.0 Å². The molecule has 0 saturated heterocycles. The summed E-state index contributed by atoms with van der Waals surface area (Å²) >= 11 is 0. The number of rotatable bonds is 6. The van der Waals surface area contributed by atoms with Crippen molar-refractivity contribution in [3.8, 4) is 5.75 Å². The molecule has 2 aromatic rings. The minimum atomic E-state index is -3.37. The van der Waals surface area contributed by atoms with Gasteiger partial charge >= 0.3 is 0 Å². The van der Waals surface area contributed by atoms with Gasteiger partial charge in [-0.25, -0.2) is 8.42 Å². The van der Waals surface area contributed by atoms with Crippen molar-refractivity contribution in [2.75, 3.05) is 11.6 Å². The molecule has 1 N–H and O–H groups in total. The van der Waals surface area contributed by atoms with Gasteiger partial charge in [0.2, 0.25) is 5.91 Å². The monoisotopic (exact) mass is 347 g/mol. The summed E-state index contributed by atoms with van der Waals surface area (Å²) in [6.07, 6.45) is 1.21. The molecular weight excluding hydrogens is 326 g/mol. The second kappa shape index (κ2) is 7.49. The molecule has 6 heteroatoms. The van der Waals surface area contributed by atoms with Crippen LogP contribution >= 0.6 is 0 Å². The fourth-order valence-corrected chi connectivity index (χ4v) is 3.22. The first-order chi connectivity index (χ1) is 11.3. The molecule has 0 aliphatic heterocycles. The van der Waals surface area contributed by atoms with Crippen molar-refractivity contribution in [1.29, 1.82) is 0 Å². The summed E-state index contributed by atoms with van der Waals surface area (Å²) < 4.78 is 29.1. The standard InChI is InChI=1S/C18H21NO4S/c1-13(2)23-16-10-8-15(9-11-16)19-18(20)12-14-6-4-5-7-17(14)24(3,21)22/h4-11,13H,12H2,1-3H3,(H,19,20). The Morgan fingerprint density at radius 3 is 2.29 bits per heavy atom. The Kier molecular flexibility index (Phi) is 5.62. The largest absolute Gasteiger partial charge is 0.491 e. The SMILES string of the molecule is CC(C)Oc1ccc(NC(=O)Cc2ccccc2S(C)(=O)=O)cc1. The molecule has 0 aromatic heterocycles.